The normalized spacial score (nSPS) is 24.9. The molecule has 0 aliphatic heterocycles. The first-order valence-corrected chi connectivity index (χ1v) is 15.7. The van der Waals surface area contributed by atoms with Crippen LogP contribution in [0.25, 0.3) is 0 Å². The van der Waals surface area contributed by atoms with Crippen LogP contribution in [0.15, 0.2) is 18.2 Å². The van der Waals surface area contributed by atoms with E-state index in [9.17, 15) is 17.6 Å². The average molecular weight is 525 g/mol. The number of benzene rings is 1. The van der Waals surface area contributed by atoms with Crippen LogP contribution >= 0.6 is 0 Å². The highest BCUT2D eigenvalue weighted by Crippen LogP contribution is 2.45. The fourth-order valence-electron chi connectivity index (χ4n) is 7.16. The Morgan fingerprint density at radius 1 is 0.649 bits per heavy atom. The van der Waals surface area contributed by atoms with Crippen LogP contribution in [0.2, 0.25) is 0 Å². The number of unbranched alkanes of at least 4 members (excludes halogenated alkanes) is 11. The molecular weight excluding hydrogens is 472 g/mol. The molecule has 2 aliphatic rings. The predicted molar refractivity (Wildman–Crippen MR) is 147 cm³/mol. The van der Waals surface area contributed by atoms with Crippen LogP contribution in [0.3, 0.4) is 0 Å². The van der Waals surface area contributed by atoms with E-state index < -0.39 is 17.6 Å². The third-order valence-electron chi connectivity index (χ3n) is 9.56. The second-order valence-electron chi connectivity index (χ2n) is 12.3. The summed E-state index contributed by atoms with van der Waals surface area (Å²) in [5.41, 5.74) is -0.403. The van der Waals surface area contributed by atoms with Crippen molar-refractivity contribution in [1.29, 1.82) is 0 Å². The smallest absolute Gasteiger partial charge is 0.207 e. The average Bonchev–Trinajstić information content (AvgIpc) is 2.89. The van der Waals surface area contributed by atoms with Gasteiger partial charge in [-0.1, -0.05) is 109 Å². The summed E-state index contributed by atoms with van der Waals surface area (Å²) in [6.45, 7) is 2.28. The van der Waals surface area contributed by atoms with Crippen molar-refractivity contribution in [2.75, 3.05) is 0 Å². The SMILES string of the molecule is CCCCCCCCCCCCCCC1CCC(C2CCC(c3ccc(C(F)(F)F)cc3F)CC2)CC1. The summed E-state index contributed by atoms with van der Waals surface area (Å²) >= 11 is 0. The molecule has 2 aliphatic carbocycles. The molecule has 3 rings (SSSR count). The minimum Gasteiger partial charge on any atom is -0.207 e. The van der Waals surface area contributed by atoms with Crippen molar-refractivity contribution in [3.05, 3.63) is 35.1 Å². The molecule has 0 amide bonds. The summed E-state index contributed by atoms with van der Waals surface area (Å²) in [5.74, 6) is 1.83. The molecule has 0 aromatic heterocycles. The van der Waals surface area contributed by atoms with Crippen molar-refractivity contribution in [3.8, 4) is 0 Å². The lowest BCUT2D eigenvalue weighted by Crippen LogP contribution is -2.25. The highest BCUT2D eigenvalue weighted by atomic mass is 19.4. The van der Waals surface area contributed by atoms with Gasteiger partial charge in [0.1, 0.15) is 5.82 Å². The molecule has 0 radical (unpaired) electrons. The molecule has 0 N–H and O–H groups in total. The van der Waals surface area contributed by atoms with E-state index in [0.29, 0.717) is 11.6 Å². The zero-order chi connectivity index (χ0) is 26.5. The molecule has 0 bridgehead atoms. The van der Waals surface area contributed by atoms with E-state index in [-0.39, 0.29) is 5.92 Å². The Kier molecular flexibility index (Phi) is 13.3. The van der Waals surface area contributed by atoms with Crippen LogP contribution in [0.4, 0.5) is 17.6 Å². The zero-order valence-electron chi connectivity index (χ0n) is 23.4. The first-order valence-electron chi connectivity index (χ1n) is 15.7. The van der Waals surface area contributed by atoms with Gasteiger partial charge in [0.25, 0.3) is 0 Å². The molecule has 0 spiro atoms. The first-order chi connectivity index (χ1) is 17.9. The maximum Gasteiger partial charge on any atom is 0.416 e. The summed E-state index contributed by atoms with van der Waals surface area (Å²) in [7, 11) is 0. The van der Waals surface area contributed by atoms with E-state index in [4.69, 9.17) is 0 Å². The molecule has 0 heterocycles. The van der Waals surface area contributed by atoms with E-state index in [1.165, 1.54) is 115 Å². The molecule has 0 unspecified atom stereocenters. The van der Waals surface area contributed by atoms with Gasteiger partial charge in [-0.15, -0.1) is 0 Å². The minimum absolute atomic E-state index is 0.0701. The van der Waals surface area contributed by atoms with Crippen LogP contribution in [0, 0.1) is 23.6 Å². The summed E-state index contributed by atoms with van der Waals surface area (Å²) < 4.78 is 53.0. The molecule has 0 nitrogen and oxygen atoms in total. The zero-order valence-corrected chi connectivity index (χ0v) is 23.4. The standard InChI is InChI=1S/C33H52F4/c1-2-3-4-5-6-7-8-9-10-11-12-13-14-26-15-17-27(18-16-26)28-19-21-29(22-20-28)31-24-23-30(25-32(31)34)33(35,36)37/h23-29H,2-22H2,1H3. The van der Waals surface area contributed by atoms with Crippen molar-refractivity contribution in [2.24, 2.45) is 17.8 Å². The van der Waals surface area contributed by atoms with Crippen molar-refractivity contribution >= 4 is 0 Å². The van der Waals surface area contributed by atoms with Gasteiger partial charge >= 0.3 is 6.18 Å². The Labute approximate surface area is 224 Å². The van der Waals surface area contributed by atoms with E-state index in [1.807, 2.05) is 0 Å². The van der Waals surface area contributed by atoms with E-state index in [2.05, 4.69) is 6.92 Å². The third kappa shape index (κ3) is 10.6. The second-order valence-corrected chi connectivity index (χ2v) is 12.3. The predicted octanol–water partition coefficient (Wildman–Crippen LogP) is 12.0. The minimum atomic E-state index is -4.48. The molecule has 1 aromatic carbocycles. The molecular formula is C33H52F4. The summed E-state index contributed by atoms with van der Waals surface area (Å²) in [5, 5.41) is 0. The summed E-state index contributed by atoms with van der Waals surface area (Å²) in [6, 6.07) is 3.10. The Morgan fingerprint density at radius 3 is 1.62 bits per heavy atom. The van der Waals surface area contributed by atoms with Crippen LogP contribution in [-0.2, 0) is 6.18 Å². The van der Waals surface area contributed by atoms with Gasteiger partial charge in [-0.05, 0) is 79.9 Å². The van der Waals surface area contributed by atoms with Gasteiger partial charge in [-0.25, -0.2) is 4.39 Å². The molecule has 4 heteroatoms. The van der Waals surface area contributed by atoms with Gasteiger partial charge in [-0.2, -0.15) is 13.2 Å². The lowest BCUT2D eigenvalue weighted by molar-refractivity contribution is -0.137. The molecule has 37 heavy (non-hydrogen) atoms. The van der Waals surface area contributed by atoms with Crippen LogP contribution in [-0.4, -0.2) is 0 Å². The third-order valence-corrected chi connectivity index (χ3v) is 9.56. The van der Waals surface area contributed by atoms with Gasteiger partial charge in [0.2, 0.25) is 0 Å². The van der Waals surface area contributed by atoms with Gasteiger partial charge in [0.15, 0.2) is 0 Å². The maximum atomic E-state index is 14.4. The topological polar surface area (TPSA) is 0 Å². The van der Waals surface area contributed by atoms with Gasteiger partial charge in [0, 0.05) is 0 Å². The van der Waals surface area contributed by atoms with E-state index in [1.54, 1.807) is 0 Å². The Morgan fingerprint density at radius 2 is 1.14 bits per heavy atom. The molecule has 0 saturated heterocycles. The lowest BCUT2D eigenvalue weighted by atomic mass is 9.68. The molecule has 2 saturated carbocycles. The van der Waals surface area contributed by atoms with E-state index in [0.717, 1.165) is 49.5 Å². The number of alkyl halides is 3. The van der Waals surface area contributed by atoms with Crippen molar-refractivity contribution < 1.29 is 17.6 Å². The number of hydrogen-bond donors (Lipinski definition) is 0. The molecule has 2 fully saturated rings. The van der Waals surface area contributed by atoms with Crippen LogP contribution in [0.5, 0.6) is 0 Å². The molecule has 1 aromatic rings. The largest absolute Gasteiger partial charge is 0.416 e. The highest BCUT2D eigenvalue weighted by molar-refractivity contribution is 5.29. The van der Waals surface area contributed by atoms with Gasteiger partial charge in [0.05, 0.1) is 5.56 Å². The second kappa shape index (κ2) is 16.1. The maximum absolute atomic E-state index is 14.4. The quantitative estimate of drug-likeness (QED) is 0.158. The number of halogens is 4. The number of hydrogen-bond acceptors (Lipinski definition) is 0. The van der Waals surface area contributed by atoms with Crippen LogP contribution < -0.4 is 0 Å². The van der Waals surface area contributed by atoms with E-state index >= 15 is 0 Å². The summed E-state index contributed by atoms with van der Waals surface area (Å²) in [4.78, 5) is 0. The summed E-state index contributed by atoms with van der Waals surface area (Å²) in [6.07, 6.45) is 23.3. The van der Waals surface area contributed by atoms with Crippen molar-refractivity contribution in [3.63, 3.8) is 0 Å². The lowest BCUT2D eigenvalue weighted by Gasteiger charge is -2.38. The first kappa shape index (κ1) is 30.5. The fourth-order valence-corrected chi connectivity index (χ4v) is 7.16. The van der Waals surface area contributed by atoms with Gasteiger partial charge < -0.3 is 0 Å². The Balaban J connectivity index is 1.22. The Bertz CT molecular complexity index is 739. The molecule has 212 valence electrons. The van der Waals surface area contributed by atoms with Crippen LogP contribution in [0.1, 0.15) is 159 Å². The monoisotopic (exact) mass is 524 g/mol. The number of rotatable bonds is 15. The molecule has 0 atom stereocenters. The van der Waals surface area contributed by atoms with Crippen molar-refractivity contribution in [1.82, 2.24) is 0 Å². The van der Waals surface area contributed by atoms with Gasteiger partial charge in [-0.3, -0.25) is 0 Å². The Hall–Kier alpha value is -1.06. The van der Waals surface area contributed by atoms with Crippen molar-refractivity contribution in [2.45, 2.75) is 154 Å². The highest BCUT2D eigenvalue weighted by Gasteiger charge is 2.34. The fraction of sp³-hybridized carbons (Fsp3) is 0.818.